The van der Waals surface area contributed by atoms with Crippen LogP contribution in [0, 0.1) is 5.82 Å². The second kappa shape index (κ2) is 11.9. The lowest BCUT2D eigenvalue weighted by Crippen LogP contribution is -2.40. The molecule has 1 aromatic heterocycles. The third-order valence-electron chi connectivity index (χ3n) is 5.57. The average molecular weight is 463 g/mol. The van der Waals surface area contributed by atoms with Gasteiger partial charge in [-0.3, -0.25) is 9.78 Å². The summed E-state index contributed by atoms with van der Waals surface area (Å²) in [4.78, 5) is 28.5. The second-order valence-corrected chi connectivity index (χ2v) is 8.32. The number of hydrogen-bond acceptors (Lipinski definition) is 4. The van der Waals surface area contributed by atoms with Gasteiger partial charge in [0.05, 0.1) is 17.2 Å². The lowest BCUT2D eigenvalue weighted by Gasteiger charge is -2.16. The predicted molar refractivity (Wildman–Crippen MR) is 120 cm³/mol. The number of carbonyl (C=O) groups excluding carboxylic acids is 1. The minimum absolute atomic E-state index is 0.0861. The number of carbonyl (C=O) groups is 2. The molecule has 0 aliphatic heterocycles. The van der Waals surface area contributed by atoms with Crippen molar-refractivity contribution < 1.29 is 23.8 Å². The molecule has 0 fully saturated rings. The maximum atomic E-state index is 13.5. The van der Waals surface area contributed by atoms with Crippen LogP contribution in [0.15, 0.2) is 30.3 Å². The molecule has 1 aliphatic rings. The number of aliphatic carboxylic acids is 1. The zero-order chi connectivity index (χ0) is 22.9. The van der Waals surface area contributed by atoms with Crippen LogP contribution in [-0.4, -0.2) is 41.2 Å². The van der Waals surface area contributed by atoms with Crippen molar-refractivity contribution in [2.75, 3.05) is 13.2 Å². The Kier molecular flexibility index (Phi) is 9.00. The van der Waals surface area contributed by atoms with Crippen LogP contribution in [0.3, 0.4) is 0 Å². The summed E-state index contributed by atoms with van der Waals surface area (Å²) in [6.07, 6.45) is 6.82. The van der Waals surface area contributed by atoms with E-state index in [1.807, 2.05) is 0 Å². The summed E-state index contributed by atoms with van der Waals surface area (Å²) in [6, 6.07) is 7.00. The minimum atomic E-state index is -1.15. The molecule has 0 spiro atoms. The predicted octanol–water partition coefficient (Wildman–Crippen LogP) is 4.37. The Morgan fingerprint density at radius 1 is 1.16 bits per heavy atom. The van der Waals surface area contributed by atoms with E-state index >= 15 is 0 Å². The van der Waals surface area contributed by atoms with Gasteiger partial charge in [-0.25, -0.2) is 9.18 Å². The summed E-state index contributed by atoms with van der Waals surface area (Å²) in [5, 5.41) is 11.5. The number of fused-ring (bicyclic) bond motifs is 1. The number of pyridine rings is 1. The van der Waals surface area contributed by atoms with Crippen LogP contribution in [0.4, 0.5) is 4.39 Å². The smallest absolute Gasteiger partial charge is 0.326 e. The quantitative estimate of drug-likeness (QED) is 0.484. The zero-order valence-corrected chi connectivity index (χ0v) is 18.7. The fraction of sp³-hybridized carbons (Fsp3) is 0.458. The molecule has 1 heterocycles. The molecule has 1 atom stereocenters. The van der Waals surface area contributed by atoms with Gasteiger partial charge in [0, 0.05) is 24.4 Å². The van der Waals surface area contributed by atoms with E-state index < -0.39 is 23.7 Å². The van der Waals surface area contributed by atoms with E-state index in [0.29, 0.717) is 26.1 Å². The van der Waals surface area contributed by atoms with Crippen LogP contribution in [0.5, 0.6) is 0 Å². The maximum absolute atomic E-state index is 13.5. The SMILES string of the molecule is O=C(NC(CCCCOCCc1ccc2c(n1)CCCC2)C(=O)O)c1cccc(F)c1Cl. The highest BCUT2D eigenvalue weighted by atomic mass is 35.5. The number of benzene rings is 1. The van der Waals surface area contributed by atoms with Gasteiger partial charge < -0.3 is 15.2 Å². The van der Waals surface area contributed by atoms with E-state index in [2.05, 4.69) is 17.4 Å². The molecule has 0 saturated heterocycles. The lowest BCUT2D eigenvalue weighted by atomic mass is 9.96. The number of nitrogens with zero attached hydrogens (tertiary/aromatic N) is 1. The number of amides is 1. The molecule has 8 heteroatoms. The summed E-state index contributed by atoms with van der Waals surface area (Å²) in [5.74, 6) is -2.59. The van der Waals surface area contributed by atoms with Crippen molar-refractivity contribution in [3.8, 4) is 0 Å². The highest BCUT2D eigenvalue weighted by Crippen LogP contribution is 2.20. The third-order valence-corrected chi connectivity index (χ3v) is 5.95. The molecule has 2 N–H and O–H groups in total. The molecular weight excluding hydrogens is 435 g/mol. The van der Waals surface area contributed by atoms with Crippen LogP contribution in [0.1, 0.15) is 59.4 Å². The van der Waals surface area contributed by atoms with Crippen molar-refractivity contribution in [2.24, 2.45) is 0 Å². The van der Waals surface area contributed by atoms with E-state index in [0.717, 1.165) is 31.0 Å². The first-order valence-corrected chi connectivity index (χ1v) is 11.4. The molecule has 32 heavy (non-hydrogen) atoms. The number of aryl methyl sites for hydroxylation is 2. The number of unbranched alkanes of at least 4 members (excludes halogenated alkanes) is 1. The van der Waals surface area contributed by atoms with Crippen molar-refractivity contribution in [1.29, 1.82) is 0 Å². The van der Waals surface area contributed by atoms with Crippen molar-refractivity contribution in [2.45, 2.75) is 57.4 Å². The van der Waals surface area contributed by atoms with E-state index in [4.69, 9.17) is 21.3 Å². The van der Waals surface area contributed by atoms with Gasteiger partial charge in [-0.1, -0.05) is 23.7 Å². The highest BCUT2D eigenvalue weighted by molar-refractivity contribution is 6.34. The Hall–Kier alpha value is -2.51. The number of halogens is 2. The molecule has 0 saturated carbocycles. The Balaban J connectivity index is 1.35. The Bertz CT molecular complexity index is 954. The summed E-state index contributed by atoms with van der Waals surface area (Å²) in [6.45, 7) is 1.06. The van der Waals surface area contributed by atoms with Crippen LogP contribution in [0.2, 0.25) is 5.02 Å². The molecular formula is C24H28ClFN2O4. The third kappa shape index (κ3) is 6.74. The van der Waals surface area contributed by atoms with Gasteiger partial charge in [0.1, 0.15) is 11.9 Å². The van der Waals surface area contributed by atoms with Crippen molar-refractivity contribution in [3.63, 3.8) is 0 Å². The summed E-state index contributed by atoms with van der Waals surface area (Å²) in [7, 11) is 0. The molecule has 0 radical (unpaired) electrons. The first-order chi connectivity index (χ1) is 15.5. The number of ether oxygens (including phenoxy) is 1. The maximum Gasteiger partial charge on any atom is 0.326 e. The van der Waals surface area contributed by atoms with Crippen LogP contribution >= 0.6 is 11.6 Å². The molecule has 6 nitrogen and oxygen atoms in total. The zero-order valence-electron chi connectivity index (χ0n) is 17.9. The lowest BCUT2D eigenvalue weighted by molar-refractivity contribution is -0.139. The fourth-order valence-corrected chi connectivity index (χ4v) is 3.98. The van der Waals surface area contributed by atoms with Crippen molar-refractivity contribution in [3.05, 3.63) is 63.7 Å². The highest BCUT2D eigenvalue weighted by Gasteiger charge is 2.22. The van der Waals surface area contributed by atoms with Crippen molar-refractivity contribution >= 4 is 23.5 Å². The molecule has 1 aromatic carbocycles. The van der Waals surface area contributed by atoms with Crippen LogP contribution < -0.4 is 5.32 Å². The van der Waals surface area contributed by atoms with E-state index in [9.17, 15) is 19.1 Å². The first-order valence-electron chi connectivity index (χ1n) is 11.0. The Labute approximate surface area is 192 Å². The van der Waals surface area contributed by atoms with Gasteiger partial charge in [-0.2, -0.15) is 0 Å². The average Bonchev–Trinajstić information content (AvgIpc) is 2.79. The normalized spacial score (nSPS) is 13.9. The van der Waals surface area contributed by atoms with Crippen LogP contribution in [0.25, 0.3) is 0 Å². The van der Waals surface area contributed by atoms with Gasteiger partial charge in [0.25, 0.3) is 5.91 Å². The fourth-order valence-electron chi connectivity index (χ4n) is 3.77. The molecule has 0 bridgehead atoms. The molecule has 3 rings (SSSR count). The van der Waals surface area contributed by atoms with Gasteiger partial charge in [-0.05, 0) is 68.7 Å². The minimum Gasteiger partial charge on any atom is -0.480 e. The number of rotatable bonds is 11. The summed E-state index contributed by atoms with van der Waals surface area (Å²) >= 11 is 5.80. The standard InChI is InChI=1S/C24H28ClFN2O4/c25-22-18(7-5-8-19(22)26)23(29)28-21(24(30)31)10-3-4-14-32-15-13-17-12-11-16-6-1-2-9-20(16)27-17/h5,7-8,11-12,21H,1-4,6,9-10,13-15H2,(H,28,29)(H,30,31). The van der Waals surface area contributed by atoms with E-state index in [1.54, 1.807) is 0 Å². The Morgan fingerprint density at radius 3 is 2.78 bits per heavy atom. The summed E-state index contributed by atoms with van der Waals surface area (Å²) < 4.78 is 19.2. The topological polar surface area (TPSA) is 88.5 Å². The number of carboxylic acids is 1. The molecule has 1 aliphatic carbocycles. The van der Waals surface area contributed by atoms with Crippen LogP contribution in [-0.2, 0) is 28.8 Å². The number of hydrogen-bond donors (Lipinski definition) is 2. The van der Waals surface area contributed by atoms with Crippen molar-refractivity contribution in [1.82, 2.24) is 10.3 Å². The van der Waals surface area contributed by atoms with E-state index in [1.165, 1.54) is 36.2 Å². The molecule has 172 valence electrons. The van der Waals surface area contributed by atoms with Gasteiger partial charge in [0.15, 0.2) is 0 Å². The number of carboxylic acid groups (broad SMARTS) is 1. The first kappa shape index (κ1) is 24.1. The molecule has 1 amide bonds. The number of nitrogens with one attached hydrogen (secondary N) is 1. The van der Waals surface area contributed by atoms with Gasteiger partial charge in [-0.15, -0.1) is 0 Å². The molecule has 1 unspecified atom stereocenters. The summed E-state index contributed by atoms with van der Waals surface area (Å²) in [5.41, 5.74) is 3.53. The van der Waals surface area contributed by atoms with Gasteiger partial charge in [0.2, 0.25) is 0 Å². The van der Waals surface area contributed by atoms with E-state index in [-0.39, 0.29) is 17.0 Å². The Morgan fingerprint density at radius 2 is 1.97 bits per heavy atom. The molecule has 2 aromatic rings. The second-order valence-electron chi connectivity index (χ2n) is 7.94. The largest absolute Gasteiger partial charge is 0.480 e. The monoisotopic (exact) mass is 462 g/mol. The number of aromatic nitrogens is 1. The van der Waals surface area contributed by atoms with Gasteiger partial charge >= 0.3 is 5.97 Å².